The van der Waals surface area contributed by atoms with Crippen molar-refractivity contribution in [2.45, 2.75) is 0 Å². The molecule has 3 N–H and O–H groups in total. The van der Waals surface area contributed by atoms with Crippen molar-refractivity contribution >= 4 is 34.2 Å². The fraction of sp³-hybridized carbons (Fsp3) is 0. The summed E-state index contributed by atoms with van der Waals surface area (Å²) in [4.78, 5) is 16.3. The minimum atomic E-state index is -1.16. The molecule has 28 heavy (non-hydrogen) atoms. The van der Waals surface area contributed by atoms with Crippen molar-refractivity contribution in [3.63, 3.8) is 0 Å². The molecule has 0 fully saturated rings. The standard InChI is InChI=1S/C22H14ClFN2O2/c23-14-9-10-18-16(11-14)19(22(27)28)20(25)21(26-18)13-7-5-12(6-8-13)15-3-1-2-4-17(15)24/h1-11H,25H2,(H,27,28). The molecule has 138 valence electrons. The molecule has 0 saturated heterocycles. The van der Waals surface area contributed by atoms with Crippen LogP contribution in [0.5, 0.6) is 0 Å². The van der Waals surface area contributed by atoms with Gasteiger partial charge in [-0.05, 0) is 29.8 Å². The first-order valence-corrected chi connectivity index (χ1v) is 8.81. The van der Waals surface area contributed by atoms with Crippen molar-refractivity contribution in [3.05, 3.63) is 83.1 Å². The third-order valence-corrected chi connectivity index (χ3v) is 4.78. The van der Waals surface area contributed by atoms with Crippen LogP contribution < -0.4 is 5.73 Å². The highest BCUT2D eigenvalue weighted by molar-refractivity contribution is 6.31. The highest BCUT2D eigenvalue weighted by atomic mass is 35.5. The number of hydrogen-bond acceptors (Lipinski definition) is 3. The summed E-state index contributed by atoms with van der Waals surface area (Å²) in [5.74, 6) is -1.47. The predicted molar refractivity (Wildman–Crippen MR) is 109 cm³/mol. The van der Waals surface area contributed by atoms with Crippen molar-refractivity contribution < 1.29 is 14.3 Å². The summed E-state index contributed by atoms with van der Waals surface area (Å²) in [6.45, 7) is 0. The number of pyridine rings is 1. The highest BCUT2D eigenvalue weighted by Crippen LogP contribution is 2.34. The van der Waals surface area contributed by atoms with Crippen LogP contribution in [0.3, 0.4) is 0 Å². The Morgan fingerprint density at radius 2 is 1.68 bits per heavy atom. The quantitative estimate of drug-likeness (QED) is 0.473. The zero-order valence-corrected chi connectivity index (χ0v) is 15.2. The Labute approximate surface area is 165 Å². The average molecular weight is 393 g/mol. The lowest BCUT2D eigenvalue weighted by Crippen LogP contribution is -2.07. The Morgan fingerprint density at radius 3 is 2.36 bits per heavy atom. The van der Waals surface area contributed by atoms with Crippen molar-refractivity contribution in [2.75, 3.05) is 5.73 Å². The van der Waals surface area contributed by atoms with E-state index in [1.165, 1.54) is 12.1 Å². The molecule has 4 aromatic rings. The van der Waals surface area contributed by atoms with E-state index in [0.717, 1.165) is 0 Å². The Bertz CT molecular complexity index is 1220. The van der Waals surface area contributed by atoms with Gasteiger partial charge < -0.3 is 10.8 Å². The van der Waals surface area contributed by atoms with E-state index in [2.05, 4.69) is 4.98 Å². The van der Waals surface area contributed by atoms with E-state index in [0.29, 0.717) is 38.3 Å². The number of carboxylic acid groups (broad SMARTS) is 1. The van der Waals surface area contributed by atoms with Gasteiger partial charge in [0, 0.05) is 21.5 Å². The molecule has 1 aromatic heterocycles. The number of nitrogens with zero attached hydrogens (tertiary/aromatic N) is 1. The molecule has 0 aliphatic heterocycles. The van der Waals surface area contributed by atoms with Crippen LogP contribution in [-0.4, -0.2) is 16.1 Å². The van der Waals surface area contributed by atoms with E-state index < -0.39 is 5.97 Å². The highest BCUT2D eigenvalue weighted by Gasteiger charge is 2.19. The Kier molecular flexibility index (Phi) is 4.45. The van der Waals surface area contributed by atoms with Crippen LogP contribution in [0.4, 0.5) is 10.1 Å². The molecule has 0 aliphatic carbocycles. The van der Waals surface area contributed by atoms with Gasteiger partial charge in [-0.1, -0.05) is 54.1 Å². The van der Waals surface area contributed by atoms with Crippen LogP contribution in [-0.2, 0) is 0 Å². The van der Waals surface area contributed by atoms with Gasteiger partial charge in [-0.3, -0.25) is 0 Å². The van der Waals surface area contributed by atoms with Gasteiger partial charge in [0.25, 0.3) is 0 Å². The van der Waals surface area contributed by atoms with Crippen LogP contribution in [0.2, 0.25) is 5.02 Å². The second-order valence-electron chi connectivity index (χ2n) is 6.27. The van der Waals surface area contributed by atoms with Crippen LogP contribution in [0.1, 0.15) is 10.4 Å². The smallest absolute Gasteiger partial charge is 0.338 e. The van der Waals surface area contributed by atoms with Gasteiger partial charge in [-0.15, -0.1) is 0 Å². The molecule has 0 atom stereocenters. The molecule has 0 spiro atoms. The summed E-state index contributed by atoms with van der Waals surface area (Å²) in [7, 11) is 0. The van der Waals surface area contributed by atoms with Crippen LogP contribution in [0.15, 0.2) is 66.7 Å². The number of nitrogen functional groups attached to an aromatic ring is 1. The monoisotopic (exact) mass is 392 g/mol. The number of nitrogens with two attached hydrogens (primary N) is 1. The molecular weight excluding hydrogens is 379 g/mol. The number of aromatic carboxylic acids is 1. The topological polar surface area (TPSA) is 76.2 Å². The Hall–Kier alpha value is -3.44. The zero-order chi connectivity index (χ0) is 19.8. The number of anilines is 1. The normalized spacial score (nSPS) is 10.9. The summed E-state index contributed by atoms with van der Waals surface area (Å²) >= 11 is 6.00. The number of carboxylic acids is 1. The van der Waals surface area contributed by atoms with E-state index in [1.54, 1.807) is 54.6 Å². The number of carbonyl (C=O) groups is 1. The van der Waals surface area contributed by atoms with Gasteiger partial charge in [0.15, 0.2) is 0 Å². The fourth-order valence-electron chi connectivity index (χ4n) is 3.20. The second-order valence-corrected chi connectivity index (χ2v) is 6.71. The zero-order valence-electron chi connectivity index (χ0n) is 14.5. The molecular formula is C22H14ClFN2O2. The van der Waals surface area contributed by atoms with Gasteiger partial charge >= 0.3 is 5.97 Å². The predicted octanol–water partition coefficient (Wildman–Crippen LogP) is 5.64. The summed E-state index contributed by atoms with van der Waals surface area (Å²) < 4.78 is 14.0. The molecule has 3 aromatic carbocycles. The lowest BCUT2D eigenvalue weighted by atomic mass is 9.99. The number of aromatic nitrogens is 1. The van der Waals surface area contributed by atoms with E-state index in [-0.39, 0.29) is 17.1 Å². The molecule has 0 unspecified atom stereocenters. The Morgan fingerprint density at radius 1 is 1.00 bits per heavy atom. The van der Waals surface area contributed by atoms with Crippen molar-refractivity contribution in [2.24, 2.45) is 0 Å². The van der Waals surface area contributed by atoms with Crippen LogP contribution in [0.25, 0.3) is 33.3 Å². The number of rotatable bonds is 3. The number of fused-ring (bicyclic) bond motifs is 1. The molecule has 0 bridgehead atoms. The van der Waals surface area contributed by atoms with Gasteiger partial charge in [-0.2, -0.15) is 0 Å². The van der Waals surface area contributed by atoms with Gasteiger partial charge in [0.05, 0.1) is 22.5 Å². The molecule has 4 rings (SSSR count). The number of halogens is 2. The summed E-state index contributed by atoms with van der Waals surface area (Å²) in [6, 6.07) is 18.3. The molecule has 0 saturated carbocycles. The van der Waals surface area contributed by atoms with E-state index in [9.17, 15) is 14.3 Å². The first-order valence-electron chi connectivity index (χ1n) is 8.43. The average Bonchev–Trinajstić information content (AvgIpc) is 2.68. The van der Waals surface area contributed by atoms with Gasteiger partial charge in [0.1, 0.15) is 5.82 Å². The molecule has 4 nitrogen and oxygen atoms in total. The molecule has 6 heteroatoms. The summed E-state index contributed by atoms with van der Waals surface area (Å²) in [5.41, 5.74) is 8.82. The third kappa shape index (κ3) is 3.06. The van der Waals surface area contributed by atoms with Crippen molar-refractivity contribution in [1.82, 2.24) is 4.98 Å². The maximum absolute atomic E-state index is 14.0. The molecule has 1 heterocycles. The van der Waals surface area contributed by atoms with E-state index in [1.807, 2.05) is 0 Å². The molecule has 0 amide bonds. The first-order chi connectivity index (χ1) is 13.5. The maximum Gasteiger partial charge on any atom is 0.338 e. The van der Waals surface area contributed by atoms with Gasteiger partial charge in [-0.25, -0.2) is 14.2 Å². The van der Waals surface area contributed by atoms with Crippen molar-refractivity contribution in [3.8, 4) is 22.4 Å². The number of benzene rings is 3. The lowest BCUT2D eigenvalue weighted by Gasteiger charge is -2.12. The molecule has 0 radical (unpaired) electrons. The fourth-order valence-corrected chi connectivity index (χ4v) is 3.38. The van der Waals surface area contributed by atoms with E-state index >= 15 is 0 Å². The van der Waals surface area contributed by atoms with Crippen LogP contribution in [0, 0.1) is 5.82 Å². The van der Waals surface area contributed by atoms with Crippen LogP contribution >= 0.6 is 11.6 Å². The number of hydrogen-bond donors (Lipinski definition) is 2. The molecule has 0 aliphatic rings. The lowest BCUT2D eigenvalue weighted by molar-refractivity contribution is 0.0700. The minimum Gasteiger partial charge on any atom is -0.478 e. The minimum absolute atomic E-state index is 0.0410. The van der Waals surface area contributed by atoms with E-state index in [4.69, 9.17) is 17.3 Å². The SMILES string of the molecule is Nc1c(-c2ccc(-c3ccccc3F)cc2)nc2ccc(Cl)cc2c1C(=O)O. The maximum atomic E-state index is 14.0. The van der Waals surface area contributed by atoms with Crippen molar-refractivity contribution in [1.29, 1.82) is 0 Å². The first kappa shape index (κ1) is 17.9. The van der Waals surface area contributed by atoms with Gasteiger partial charge in [0.2, 0.25) is 0 Å². The second kappa shape index (κ2) is 6.94. The summed E-state index contributed by atoms with van der Waals surface area (Å²) in [5, 5.41) is 10.4. The summed E-state index contributed by atoms with van der Waals surface area (Å²) in [6.07, 6.45) is 0. The Balaban J connectivity index is 1.88. The largest absolute Gasteiger partial charge is 0.478 e. The third-order valence-electron chi connectivity index (χ3n) is 4.54.